The van der Waals surface area contributed by atoms with Crippen LogP contribution in [0.15, 0.2) is 24.3 Å². The van der Waals surface area contributed by atoms with Crippen LogP contribution in [0.2, 0.25) is 10.0 Å². The molecule has 0 unspecified atom stereocenters. The maximum absolute atomic E-state index is 12.4. The van der Waals surface area contributed by atoms with Crippen LogP contribution in [0.25, 0.3) is 0 Å². The molecule has 2 aliphatic heterocycles. The van der Waals surface area contributed by atoms with Crippen molar-refractivity contribution in [1.29, 1.82) is 0 Å². The highest BCUT2D eigenvalue weighted by atomic mass is 35.5. The average Bonchev–Trinajstić information content (AvgIpc) is 3.02. The van der Waals surface area contributed by atoms with E-state index in [1.165, 1.54) is 0 Å². The van der Waals surface area contributed by atoms with E-state index in [0.717, 1.165) is 0 Å². The van der Waals surface area contributed by atoms with E-state index in [9.17, 15) is 4.79 Å². The van der Waals surface area contributed by atoms with E-state index in [2.05, 4.69) is 5.32 Å². The number of fused-ring (bicyclic) bond motifs is 2. The van der Waals surface area contributed by atoms with E-state index < -0.39 is 0 Å². The van der Waals surface area contributed by atoms with Crippen LogP contribution >= 0.6 is 23.2 Å². The lowest BCUT2D eigenvalue weighted by atomic mass is 10.1. The van der Waals surface area contributed by atoms with Crippen LogP contribution in [0, 0.1) is 0 Å². The smallest absolute Gasteiger partial charge is 0.231 e. The first kappa shape index (κ1) is 16.2. The molecule has 0 saturated heterocycles. The zero-order chi connectivity index (χ0) is 17.4. The van der Waals surface area contributed by atoms with Crippen molar-refractivity contribution < 1.29 is 23.7 Å². The van der Waals surface area contributed by atoms with Gasteiger partial charge >= 0.3 is 0 Å². The third kappa shape index (κ3) is 3.27. The quantitative estimate of drug-likeness (QED) is 0.878. The molecule has 6 nitrogen and oxygen atoms in total. The van der Waals surface area contributed by atoms with Crippen LogP contribution in [0.4, 0.5) is 5.69 Å². The van der Waals surface area contributed by atoms with Gasteiger partial charge in [0.2, 0.25) is 12.7 Å². The van der Waals surface area contributed by atoms with E-state index in [0.29, 0.717) is 57.5 Å². The first-order valence-electron chi connectivity index (χ1n) is 7.57. The maximum Gasteiger partial charge on any atom is 0.231 e. The summed E-state index contributed by atoms with van der Waals surface area (Å²) in [6.45, 7) is 1.04. The summed E-state index contributed by atoms with van der Waals surface area (Å²) in [5.41, 5.74) is 1.17. The van der Waals surface area contributed by atoms with Gasteiger partial charge in [0.1, 0.15) is 13.2 Å². The first-order valence-corrected chi connectivity index (χ1v) is 8.33. The number of benzene rings is 2. The number of hydrogen-bond acceptors (Lipinski definition) is 5. The van der Waals surface area contributed by atoms with Gasteiger partial charge in [-0.3, -0.25) is 4.79 Å². The Balaban J connectivity index is 1.50. The molecule has 4 rings (SSSR count). The van der Waals surface area contributed by atoms with Crippen molar-refractivity contribution in [2.75, 3.05) is 25.3 Å². The molecule has 2 aliphatic rings. The lowest BCUT2D eigenvalue weighted by Crippen LogP contribution is -2.17. The highest BCUT2D eigenvalue weighted by Crippen LogP contribution is 2.40. The van der Waals surface area contributed by atoms with Crippen LogP contribution in [-0.2, 0) is 11.2 Å². The van der Waals surface area contributed by atoms with Crippen molar-refractivity contribution in [1.82, 2.24) is 0 Å². The zero-order valence-corrected chi connectivity index (χ0v) is 14.4. The van der Waals surface area contributed by atoms with Crippen molar-refractivity contribution in [3.05, 3.63) is 39.9 Å². The molecule has 2 aromatic carbocycles. The summed E-state index contributed by atoms with van der Waals surface area (Å²) in [4.78, 5) is 12.4. The summed E-state index contributed by atoms with van der Waals surface area (Å²) in [5, 5.41) is 3.56. The molecular weight excluding hydrogens is 369 g/mol. The van der Waals surface area contributed by atoms with Crippen molar-refractivity contribution in [3.63, 3.8) is 0 Å². The molecule has 1 amide bonds. The summed E-state index contributed by atoms with van der Waals surface area (Å²) in [6, 6.07) is 6.69. The molecule has 0 bridgehead atoms. The van der Waals surface area contributed by atoms with Crippen molar-refractivity contribution in [2.24, 2.45) is 0 Å². The van der Waals surface area contributed by atoms with Crippen LogP contribution < -0.4 is 24.3 Å². The SMILES string of the molecule is O=C(Cc1cc(Cl)c2c(c1)OCCO2)Nc1cc2c(cc1Cl)OCO2. The highest BCUT2D eigenvalue weighted by molar-refractivity contribution is 6.34. The largest absolute Gasteiger partial charge is 0.486 e. The van der Waals surface area contributed by atoms with Crippen LogP contribution in [0.3, 0.4) is 0 Å². The zero-order valence-electron chi connectivity index (χ0n) is 12.9. The summed E-state index contributed by atoms with van der Waals surface area (Å²) in [5.74, 6) is 1.91. The van der Waals surface area contributed by atoms with E-state index in [-0.39, 0.29) is 19.1 Å². The van der Waals surface area contributed by atoms with Crippen LogP contribution in [-0.4, -0.2) is 25.9 Å². The molecule has 0 atom stereocenters. The van der Waals surface area contributed by atoms with Gasteiger partial charge in [-0.2, -0.15) is 0 Å². The minimum Gasteiger partial charge on any atom is -0.486 e. The second-order valence-corrected chi connectivity index (χ2v) is 6.33. The summed E-state index contributed by atoms with van der Waals surface area (Å²) < 4.78 is 21.5. The minimum atomic E-state index is -0.242. The molecule has 0 saturated carbocycles. The molecule has 2 heterocycles. The van der Waals surface area contributed by atoms with Crippen LogP contribution in [0.1, 0.15) is 5.56 Å². The Hall–Kier alpha value is -2.31. The summed E-state index contributed by atoms with van der Waals surface area (Å²) in [6.07, 6.45) is 0.112. The van der Waals surface area contributed by atoms with Crippen molar-refractivity contribution in [3.8, 4) is 23.0 Å². The standard InChI is InChI=1S/C17H13Cl2NO5/c18-10-6-13-14(25-8-24-13)7-12(10)20-16(21)5-9-3-11(19)17-15(4-9)22-1-2-23-17/h3-4,6-7H,1-2,5,8H2,(H,20,21). The van der Waals surface area contributed by atoms with Gasteiger partial charge in [0.25, 0.3) is 0 Å². The highest BCUT2D eigenvalue weighted by Gasteiger charge is 2.20. The van der Waals surface area contributed by atoms with Gasteiger partial charge < -0.3 is 24.3 Å². The monoisotopic (exact) mass is 381 g/mol. The number of rotatable bonds is 3. The van der Waals surface area contributed by atoms with E-state index in [4.69, 9.17) is 42.1 Å². The number of carbonyl (C=O) groups excluding carboxylic acids is 1. The van der Waals surface area contributed by atoms with Gasteiger partial charge in [-0.05, 0) is 17.7 Å². The molecule has 0 radical (unpaired) electrons. The van der Waals surface area contributed by atoms with Crippen LogP contribution in [0.5, 0.6) is 23.0 Å². The number of hydrogen-bond donors (Lipinski definition) is 1. The molecule has 0 fully saturated rings. The number of halogens is 2. The van der Waals surface area contributed by atoms with Gasteiger partial charge in [-0.15, -0.1) is 0 Å². The van der Waals surface area contributed by atoms with E-state index in [1.54, 1.807) is 24.3 Å². The average molecular weight is 382 g/mol. The first-order chi connectivity index (χ1) is 12.1. The maximum atomic E-state index is 12.4. The fraction of sp³-hybridized carbons (Fsp3) is 0.235. The third-order valence-electron chi connectivity index (χ3n) is 3.76. The molecule has 2 aromatic rings. The lowest BCUT2D eigenvalue weighted by molar-refractivity contribution is -0.115. The fourth-order valence-corrected chi connectivity index (χ4v) is 3.15. The Bertz CT molecular complexity index is 855. The number of amides is 1. The molecule has 1 N–H and O–H groups in total. The van der Waals surface area contributed by atoms with Gasteiger partial charge in [0.05, 0.1) is 22.2 Å². The third-order valence-corrected chi connectivity index (χ3v) is 4.35. The fourth-order valence-electron chi connectivity index (χ4n) is 2.66. The number of carbonyl (C=O) groups is 1. The van der Waals surface area contributed by atoms with Gasteiger partial charge in [-0.1, -0.05) is 23.2 Å². The summed E-state index contributed by atoms with van der Waals surface area (Å²) >= 11 is 12.4. The minimum absolute atomic E-state index is 0.112. The van der Waals surface area contributed by atoms with Gasteiger partial charge in [-0.25, -0.2) is 0 Å². The Morgan fingerprint density at radius 3 is 2.52 bits per heavy atom. The van der Waals surface area contributed by atoms with E-state index >= 15 is 0 Å². The Morgan fingerprint density at radius 2 is 1.68 bits per heavy atom. The summed E-state index contributed by atoms with van der Waals surface area (Å²) in [7, 11) is 0. The lowest BCUT2D eigenvalue weighted by Gasteiger charge is -2.20. The molecule has 0 aliphatic carbocycles. The molecular formula is C17H13Cl2NO5. The van der Waals surface area contributed by atoms with Gasteiger partial charge in [0, 0.05) is 12.1 Å². The topological polar surface area (TPSA) is 66.0 Å². The Labute approximate surface area is 153 Å². The van der Waals surface area contributed by atoms with Gasteiger partial charge in [0.15, 0.2) is 23.0 Å². The van der Waals surface area contributed by atoms with E-state index in [1.807, 2.05) is 0 Å². The second-order valence-electron chi connectivity index (χ2n) is 5.51. The normalized spacial score (nSPS) is 14.3. The molecule has 8 heteroatoms. The molecule has 0 aromatic heterocycles. The predicted molar refractivity (Wildman–Crippen MR) is 92.4 cm³/mol. The van der Waals surface area contributed by atoms with Crippen molar-refractivity contribution >= 4 is 34.8 Å². The number of nitrogens with one attached hydrogen (secondary N) is 1. The molecule has 130 valence electrons. The number of anilines is 1. The number of ether oxygens (including phenoxy) is 4. The Morgan fingerprint density at radius 1 is 0.920 bits per heavy atom. The predicted octanol–water partition coefficient (Wildman–Crippen LogP) is 3.67. The van der Waals surface area contributed by atoms with Crippen molar-refractivity contribution in [2.45, 2.75) is 6.42 Å². The Kier molecular flexibility index (Phi) is 4.23. The molecule has 0 spiro atoms. The second kappa shape index (κ2) is 6.54. The molecule has 25 heavy (non-hydrogen) atoms.